The fourth-order valence-corrected chi connectivity index (χ4v) is 11.4. The maximum absolute atomic E-state index is 14.0. The summed E-state index contributed by atoms with van der Waals surface area (Å²) in [6, 6.07) is 25.8. The molecule has 7 nitrogen and oxygen atoms in total. The van der Waals surface area contributed by atoms with Crippen molar-refractivity contribution < 1.29 is 18.8 Å². The molecule has 0 aliphatic heterocycles. The summed E-state index contributed by atoms with van der Waals surface area (Å²) in [5, 5.41) is 5.85. The van der Waals surface area contributed by atoms with Gasteiger partial charge in [0.1, 0.15) is 12.1 Å². The molecule has 0 saturated carbocycles. The summed E-state index contributed by atoms with van der Waals surface area (Å²) in [4.78, 5) is 41.3. The summed E-state index contributed by atoms with van der Waals surface area (Å²) in [6.07, 6.45) is 0.845. The Morgan fingerprint density at radius 1 is 0.591 bits per heavy atom. The van der Waals surface area contributed by atoms with Gasteiger partial charge in [0.25, 0.3) is 8.32 Å². The summed E-state index contributed by atoms with van der Waals surface area (Å²) < 4.78 is 6.52. The topological polar surface area (TPSA) is 111 Å². The van der Waals surface area contributed by atoms with E-state index in [1.807, 2.05) is 91.0 Å². The van der Waals surface area contributed by atoms with Crippen molar-refractivity contribution in [3.05, 3.63) is 108 Å². The molecular weight excluding hydrogens is 566 g/mol. The number of nitrogens with two attached hydrogens (primary N) is 1. The lowest BCUT2D eigenvalue weighted by Crippen LogP contribution is -2.58. The van der Waals surface area contributed by atoms with Crippen molar-refractivity contribution in [2.24, 2.45) is 5.73 Å². The normalized spacial score (nSPS) is 13.8. The molecule has 0 unspecified atom stereocenters. The van der Waals surface area contributed by atoms with Gasteiger partial charge in [0.15, 0.2) is 0 Å². The SMILES string of the molecule is CC(C)[Si](OC(=O)[C@H](Cc1ccccc1)NC(=O)[C@H](Cc1ccccc1)NC(=O)[C@@H](N)Cc1ccccc1)(C(C)C)C(C)C. The molecule has 44 heavy (non-hydrogen) atoms. The third-order valence-electron chi connectivity index (χ3n) is 8.42. The van der Waals surface area contributed by atoms with Gasteiger partial charge in [-0.05, 0) is 39.7 Å². The van der Waals surface area contributed by atoms with Crippen molar-refractivity contribution in [2.45, 2.75) is 95.6 Å². The minimum Gasteiger partial charge on any atom is -0.517 e. The van der Waals surface area contributed by atoms with Crippen molar-refractivity contribution in [1.82, 2.24) is 10.6 Å². The number of rotatable bonds is 15. The molecular formula is C36H49N3O4Si. The van der Waals surface area contributed by atoms with Gasteiger partial charge in [0.05, 0.1) is 6.04 Å². The smallest absolute Gasteiger partial charge is 0.315 e. The summed E-state index contributed by atoms with van der Waals surface area (Å²) in [5.74, 6) is -1.33. The Balaban J connectivity index is 1.89. The molecule has 0 radical (unpaired) electrons. The van der Waals surface area contributed by atoms with Crippen LogP contribution in [0, 0.1) is 0 Å². The molecule has 3 atom stereocenters. The van der Waals surface area contributed by atoms with Gasteiger partial charge in [0.2, 0.25) is 11.8 Å². The van der Waals surface area contributed by atoms with Gasteiger partial charge in [-0.25, -0.2) is 0 Å². The van der Waals surface area contributed by atoms with E-state index in [0.717, 1.165) is 16.7 Å². The molecule has 0 heterocycles. The van der Waals surface area contributed by atoms with Gasteiger partial charge in [0, 0.05) is 12.8 Å². The highest BCUT2D eigenvalue weighted by atomic mass is 28.4. The van der Waals surface area contributed by atoms with Crippen LogP contribution in [-0.4, -0.2) is 44.2 Å². The third kappa shape index (κ3) is 9.37. The second kappa shape index (κ2) is 16.4. The Bertz CT molecular complexity index is 1310. The molecule has 0 saturated heterocycles. The van der Waals surface area contributed by atoms with E-state index in [2.05, 4.69) is 52.2 Å². The maximum atomic E-state index is 14.0. The Morgan fingerprint density at radius 3 is 1.36 bits per heavy atom. The van der Waals surface area contributed by atoms with E-state index in [1.54, 1.807) is 0 Å². The van der Waals surface area contributed by atoms with Gasteiger partial charge in [-0.3, -0.25) is 14.4 Å². The van der Waals surface area contributed by atoms with E-state index in [9.17, 15) is 14.4 Å². The maximum Gasteiger partial charge on any atom is 0.315 e. The van der Waals surface area contributed by atoms with E-state index in [4.69, 9.17) is 10.2 Å². The fourth-order valence-electron chi connectivity index (χ4n) is 6.21. The molecule has 8 heteroatoms. The second-order valence-electron chi connectivity index (χ2n) is 12.5. The van der Waals surface area contributed by atoms with E-state index in [1.165, 1.54) is 0 Å². The van der Waals surface area contributed by atoms with Gasteiger partial charge < -0.3 is 20.8 Å². The van der Waals surface area contributed by atoms with Crippen LogP contribution in [0.1, 0.15) is 58.2 Å². The molecule has 0 aromatic heterocycles. The lowest BCUT2D eigenvalue weighted by molar-refractivity contribution is -0.141. The second-order valence-corrected chi connectivity index (χ2v) is 17.9. The Kier molecular flexibility index (Phi) is 12.9. The van der Waals surface area contributed by atoms with Crippen LogP contribution >= 0.6 is 0 Å². The van der Waals surface area contributed by atoms with Gasteiger partial charge in [-0.2, -0.15) is 0 Å². The average Bonchev–Trinajstić information content (AvgIpc) is 3.00. The lowest BCUT2D eigenvalue weighted by Gasteiger charge is -2.42. The number of hydrogen-bond acceptors (Lipinski definition) is 5. The lowest BCUT2D eigenvalue weighted by atomic mass is 10.0. The first-order valence-electron chi connectivity index (χ1n) is 15.6. The van der Waals surface area contributed by atoms with E-state index in [0.29, 0.717) is 6.42 Å². The summed E-state index contributed by atoms with van der Waals surface area (Å²) >= 11 is 0. The predicted octanol–water partition coefficient (Wildman–Crippen LogP) is 5.73. The Labute approximate surface area is 264 Å². The van der Waals surface area contributed by atoms with Crippen molar-refractivity contribution in [1.29, 1.82) is 0 Å². The van der Waals surface area contributed by atoms with Crippen LogP contribution < -0.4 is 16.4 Å². The molecule has 3 rings (SSSR count). The Hall–Kier alpha value is -3.75. The summed E-state index contributed by atoms with van der Waals surface area (Å²) in [7, 11) is -2.58. The number of hydrogen-bond donors (Lipinski definition) is 3. The minimum atomic E-state index is -2.58. The van der Waals surface area contributed by atoms with Crippen LogP contribution in [-0.2, 0) is 38.1 Å². The van der Waals surface area contributed by atoms with E-state index in [-0.39, 0.29) is 29.5 Å². The number of benzene rings is 3. The summed E-state index contributed by atoms with van der Waals surface area (Å²) in [6.45, 7) is 12.7. The number of carbonyl (C=O) groups excluding carboxylic acids is 3. The monoisotopic (exact) mass is 615 g/mol. The van der Waals surface area contributed by atoms with Crippen molar-refractivity contribution in [3.8, 4) is 0 Å². The van der Waals surface area contributed by atoms with Gasteiger partial charge >= 0.3 is 5.97 Å². The average molecular weight is 616 g/mol. The minimum absolute atomic E-state index is 0.191. The molecule has 0 aliphatic carbocycles. The zero-order valence-electron chi connectivity index (χ0n) is 27.0. The highest BCUT2D eigenvalue weighted by Crippen LogP contribution is 2.42. The molecule has 236 valence electrons. The van der Waals surface area contributed by atoms with Crippen LogP contribution in [0.15, 0.2) is 91.0 Å². The van der Waals surface area contributed by atoms with E-state index >= 15 is 0 Å². The van der Waals surface area contributed by atoms with Gasteiger partial charge in [-0.15, -0.1) is 0 Å². The van der Waals surface area contributed by atoms with Crippen LogP contribution in [0.2, 0.25) is 16.6 Å². The number of nitrogens with one attached hydrogen (secondary N) is 2. The molecule has 0 spiro atoms. The predicted molar refractivity (Wildman–Crippen MR) is 179 cm³/mol. The van der Waals surface area contributed by atoms with Crippen molar-refractivity contribution in [3.63, 3.8) is 0 Å². The van der Waals surface area contributed by atoms with Crippen LogP contribution in [0.5, 0.6) is 0 Å². The molecule has 4 N–H and O–H groups in total. The molecule has 0 fully saturated rings. The molecule has 3 aromatic carbocycles. The first-order chi connectivity index (χ1) is 20.9. The van der Waals surface area contributed by atoms with Crippen molar-refractivity contribution >= 4 is 26.1 Å². The highest BCUT2D eigenvalue weighted by molar-refractivity contribution is 6.79. The van der Waals surface area contributed by atoms with Gasteiger partial charge in [-0.1, -0.05) is 133 Å². The number of amides is 2. The molecule has 3 aromatic rings. The zero-order valence-corrected chi connectivity index (χ0v) is 28.0. The molecule has 2 amide bonds. The largest absolute Gasteiger partial charge is 0.517 e. The van der Waals surface area contributed by atoms with E-state index < -0.39 is 44.2 Å². The van der Waals surface area contributed by atoms with Crippen molar-refractivity contribution in [2.75, 3.05) is 0 Å². The summed E-state index contributed by atoms with van der Waals surface area (Å²) in [5.41, 5.74) is 9.55. The standard InChI is InChI=1S/C36H49N3O4Si/c1-25(2)44(26(3)4,27(5)6)43-36(42)33(24-30-20-14-9-15-21-30)39-35(41)32(23-29-18-12-8-13-19-29)38-34(40)31(37)22-28-16-10-7-11-17-28/h7-21,25-27,31-33H,22-24,37H2,1-6H3,(H,38,40)(H,39,41)/t31-,32-,33-/m0/s1. The number of carbonyl (C=O) groups is 3. The Morgan fingerprint density at radius 2 is 0.955 bits per heavy atom. The first kappa shape index (κ1) is 34.7. The highest BCUT2D eigenvalue weighted by Gasteiger charge is 2.49. The molecule has 0 aliphatic rings. The first-order valence-corrected chi connectivity index (χ1v) is 17.8. The van der Waals surface area contributed by atoms with Crippen LogP contribution in [0.4, 0.5) is 0 Å². The molecule has 0 bridgehead atoms. The quantitative estimate of drug-likeness (QED) is 0.189. The van der Waals surface area contributed by atoms with Crippen LogP contribution in [0.3, 0.4) is 0 Å². The zero-order chi connectivity index (χ0) is 32.3. The third-order valence-corrected chi connectivity index (χ3v) is 14.4. The fraction of sp³-hybridized carbons (Fsp3) is 0.417. The van der Waals surface area contributed by atoms with Crippen LogP contribution in [0.25, 0.3) is 0 Å².